The van der Waals surface area contributed by atoms with Gasteiger partial charge in [-0.3, -0.25) is 4.68 Å². The Bertz CT molecular complexity index is 266. The zero-order valence-electron chi connectivity index (χ0n) is 7.38. The summed E-state index contributed by atoms with van der Waals surface area (Å²) in [5.74, 6) is 0.198. The maximum atomic E-state index is 12.2. The molecule has 4 heteroatoms. The predicted molar refractivity (Wildman–Crippen MR) is 42.3 cm³/mol. The molecular weight excluding hydrogens is 162 g/mol. The van der Waals surface area contributed by atoms with Crippen LogP contribution in [0, 0.1) is 0 Å². The van der Waals surface area contributed by atoms with Crippen LogP contribution in [0.15, 0.2) is 6.07 Å². The van der Waals surface area contributed by atoms with E-state index in [9.17, 15) is 8.78 Å². The molecule has 1 aromatic rings. The molecule has 1 heterocycles. The van der Waals surface area contributed by atoms with Gasteiger partial charge in [0.15, 0.2) is 0 Å². The van der Waals surface area contributed by atoms with Gasteiger partial charge in [0.2, 0.25) is 0 Å². The molecule has 2 nitrogen and oxygen atoms in total. The molecule has 0 radical (unpaired) electrons. The topological polar surface area (TPSA) is 17.8 Å². The quantitative estimate of drug-likeness (QED) is 0.673. The van der Waals surface area contributed by atoms with E-state index < -0.39 is 6.43 Å². The van der Waals surface area contributed by atoms with E-state index >= 15 is 0 Å². The van der Waals surface area contributed by atoms with Crippen molar-refractivity contribution in [1.29, 1.82) is 0 Å². The van der Waals surface area contributed by atoms with Crippen molar-refractivity contribution in [3.63, 3.8) is 0 Å². The highest BCUT2D eigenvalue weighted by molar-refractivity contribution is 5.13. The molecule has 0 unspecified atom stereocenters. The number of hydrogen-bond acceptors (Lipinski definition) is 1. The van der Waals surface area contributed by atoms with Crippen LogP contribution in [-0.2, 0) is 7.05 Å². The van der Waals surface area contributed by atoms with E-state index in [-0.39, 0.29) is 11.6 Å². The molecule has 0 aromatic carbocycles. The van der Waals surface area contributed by atoms with Crippen LogP contribution in [0.4, 0.5) is 8.78 Å². The first-order valence-electron chi connectivity index (χ1n) is 3.84. The first kappa shape index (κ1) is 9.16. The molecule has 1 rings (SSSR count). The largest absolute Gasteiger partial charge is 0.280 e. The molecule has 1 aromatic heterocycles. The van der Waals surface area contributed by atoms with E-state index in [1.54, 1.807) is 0 Å². The second kappa shape index (κ2) is 3.21. The number of aromatic nitrogens is 2. The Labute approximate surface area is 70.2 Å². The molecule has 68 valence electrons. The number of halogens is 2. The first-order chi connectivity index (χ1) is 5.52. The van der Waals surface area contributed by atoms with Crippen molar-refractivity contribution in [2.75, 3.05) is 0 Å². The fourth-order valence-electron chi connectivity index (χ4n) is 0.991. The fourth-order valence-corrected chi connectivity index (χ4v) is 0.991. The van der Waals surface area contributed by atoms with Gasteiger partial charge in [0.05, 0.1) is 5.69 Å². The van der Waals surface area contributed by atoms with E-state index in [1.807, 2.05) is 13.8 Å². The van der Waals surface area contributed by atoms with Crippen LogP contribution in [0.25, 0.3) is 0 Å². The van der Waals surface area contributed by atoms with Gasteiger partial charge in [-0.25, -0.2) is 8.78 Å². The summed E-state index contributed by atoms with van der Waals surface area (Å²) in [6, 6.07) is 1.45. The minimum atomic E-state index is -2.44. The first-order valence-corrected chi connectivity index (χ1v) is 3.84. The van der Waals surface area contributed by atoms with Gasteiger partial charge in [-0.05, 0) is 12.0 Å². The molecule has 0 saturated carbocycles. The lowest BCUT2D eigenvalue weighted by molar-refractivity contribution is 0.141. The van der Waals surface area contributed by atoms with Gasteiger partial charge in [-0.15, -0.1) is 0 Å². The van der Waals surface area contributed by atoms with Gasteiger partial charge < -0.3 is 0 Å². The molecule has 0 aliphatic carbocycles. The molecule has 0 amide bonds. The van der Waals surface area contributed by atoms with Crippen LogP contribution in [0.1, 0.15) is 37.6 Å². The Morgan fingerprint density at radius 3 is 2.25 bits per heavy atom. The summed E-state index contributed by atoms with van der Waals surface area (Å²) in [7, 11) is 1.54. The maximum absolute atomic E-state index is 12.2. The molecule has 0 bridgehead atoms. The van der Waals surface area contributed by atoms with Crippen molar-refractivity contribution in [2.45, 2.75) is 26.2 Å². The Morgan fingerprint density at radius 1 is 1.42 bits per heavy atom. The Hall–Kier alpha value is -0.930. The summed E-state index contributed by atoms with van der Waals surface area (Å²) in [5, 5.41) is 3.97. The van der Waals surface area contributed by atoms with E-state index in [0.717, 1.165) is 0 Å². The lowest BCUT2D eigenvalue weighted by atomic mass is 10.1. The molecule has 0 aliphatic heterocycles. The summed E-state index contributed by atoms with van der Waals surface area (Å²) < 4.78 is 25.7. The standard InChI is InChI=1S/C8H12F2N2/c1-5(2)6-4-7(8(9)10)12(3)11-6/h4-5,8H,1-3H3. The lowest BCUT2D eigenvalue weighted by Crippen LogP contribution is -1.98. The van der Waals surface area contributed by atoms with Gasteiger partial charge in [-0.1, -0.05) is 13.8 Å². The summed E-state index contributed by atoms with van der Waals surface area (Å²) >= 11 is 0. The normalized spacial score (nSPS) is 11.6. The highest BCUT2D eigenvalue weighted by atomic mass is 19.3. The summed E-state index contributed by atoms with van der Waals surface area (Å²) in [4.78, 5) is 0. The van der Waals surface area contributed by atoms with Crippen LogP contribution < -0.4 is 0 Å². The average Bonchev–Trinajstić information content (AvgIpc) is 2.30. The molecule has 0 N–H and O–H groups in total. The van der Waals surface area contributed by atoms with Gasteiger partial charge in [0, 0.05) is 7.05 Å². The average molecular weight is 174 g/mol. The molecule has 0 atom stereocenters. The third-order valence-electron chi connectivity index (χ3n) is 1.75. The zero-order valence-corrected chi connectivity index (χ0v) is 7.38. The van der Waals surface area contributed by atoms with Gasteiger partial charge in [-0.2, -0.15) is 5.10 Å². The second-order valence-electron chi connectivity index (χ2n) is 3.07. The maximum Gasteiger partial charge on any atom is 0.280 e. The summed E-state index contributed by atoms with van der Waals surface area (Å²) in [6.45, 7) is 3.86. The predicted octanol–water partition coefficient (Wildman–Crippen LogP) is 2.48. The van der Waals surface area contributed by atoms with Crippen molar-refractivity contribution >= 4 is 0 Å². The summed E-state index contributed by atoms with van der Waals surface area (Å²) in [5.41, 5.74) is 0.700. The Balaban J connectivity index is 3.00. The lowest BCUT2D eigenvalue weighted by Gasteiger charge is -1.96. The minimum Gasteiger partial charge on any atom is -0.267 e. The van der Waals surface area contributed by atoms with Crippen molar-refractivity contribution < 1.29 is 8.78 Å². The monoisotopic (exact) mass is 174 g/mol. The molecule has 0 aliphatic rings. The summed E-state index contributed by atoms with van der Waals surface area (Å²) in [6.07, 6.45) is -2.44. The van der Waals surface area contributed by atoms with E-state index in [0.29, 0.717) is 5.69 Å². The van der Waals surface area contributed by atoms with E-state index in [4.69, 9.17) is 0 Å². The zero-order chi connectivity index (χ0) is 9.30. The van der Waals surface area contributed by atoms with Crippen molar-refractivity contribution in [1.82, 2.24) is 9.78 Å². The van der Waals surface area contributed by atoms with Crippen molar-refractivity contribution in [3.8, 4) is 0 Å². The van der Waals surface area contributed by atoms with Crippen LogP contribution in [0.3, 0.4) is 0 Å². The minimum absolute atomic E-state index is 0.0151. The van der Waals surface area contributed by atoms with Crippen molar-refractivity contribution in [3.05, 3.63) is 17.5 Å². The van der Waals surface area contributed by atoms with Crippen LogP contribution in [0.2, 0.25) is 0 Å². The Kier molecular flexibility index (Phi) is 2.45. The highest BCUT2D eigenvalue weighted by Crippen LogP contribution is 2.21. The Morgan fingerprint density at radius 2 is 2.00 bits per heavy atom. The van der Waals surface area contributed by atoms with Gasteiger partial charge in [0.25, 0.3) is 6.43 Å². The smallest absolute Gasteiger partial charge is 0.267 e. The fraction of sp³-hybridized carbons (Fsp3) is 0.625. The molecule has 0 spiro atoms. The molecule has 12 heavy (non-hydrogen) atoms. The highest BCUT2D eigenvalue weighted by Gasteiger charge is 2.15. The number of aryl methyl sites for hydroxylation is 1. The van der Waals surface area contributed by atoms with Gasteiger partial charge >= 0.3 is 0 Å². The van der Waals surface area contributed by atoms with E-state index in [2.05, 4.69) is 5.10 Å². The van der Waals surface area contributed by atoms with Crippen LogP contribution in [0.5, 0.6) is 0 Å². The third kappa shape index (κ3) is 1.62. The van der Waals surface area contributed by atoms with Crippen LogP contribution >= 0.6 is 0 Å². The number of hydrogen-bond donors (Lipinski definition) is 0. The number of rotatable bonds is 2. The number of nitrogens with zero attached hydrogens (tertiary/aromatic N) is 2. The second-order valence-corrected chi connectivity index (χ2v) is 3.07. The SMILES string of the molecule is CC(C)c1cc(C(F)F)n(C)n1. The molecular formula is C8H12F2N2. The number of alkyl halides is 2. The molecule has 0 fully saturated rings. The van der Waals surface area contributed by atoms with Crippen LogP contribution in [-0.4, -0.2) is 9.78 Å². The van der Waals surface area contributed by atoms with E-state index in [1.165, 1.54) is 17.8 Å². The van der Waals surface area contributed by atoms with Crippen molar-refractivity contribution in [2.24, 2.45) is 7.05 Å². The third-order valence-corrected chi connectivity index (χ3v) is 1.75. The van der Waals surface area contributed by atoms with Gasteiger partial charge in [0.1, 0.15) is 5.69 Å². The molecule has 0 saturated heterocycles.